The number of amides is 4. The van der Waals surface area contributed by atoms with Crippen molar-refractivity contribution in [2.24, 2.45) is 12.5 Å². The highest BCUT2D eigenvalue weighted by Gasteiger charge is 2.50. The Hall–Kier alpha value is -6.22. The third-order valence-corrected chi connectivity index (χ3v) is 19.2. The number of hydrogen-bond donors (Lipinski definition) is 3. The number of ether oxygens (including phenoxy) is 1. The Labute approximate surface area is 444 Å². The first-order valence-corrected chi connectivity index (χ1v) is 27.8. The number of nitrogens with zero attached hydrogens (tertiary/aromatic N) is 9. The molecule has 0 radical (unpaired) electrons. The zero-order valence-electron chi connectivity index (χ0n) is 43.0. The number of anilines is 6. The zero-order chi connectivity index (χ0) is 52.5. The molecular weight excluding hydrogens is 1040 g/mol. The van der Waals surface area contributed by atoms with E-state index in [9.17, 15) is 23.7 Å². The number of imide groups is 2. The average molecular weight is 1110 g/mol. The van der Waals surface area contributed by atoms with Crippen LogP contribution in [-0.2, 0) is 30.2 Å². The van der Waals surface area contributed by atoms with Gasteiger partial charge in [-0.1, -0.05) is 6.07 Å². The van der Waals surface area contributed by atoms with Crippen LogP contribution >= 0.6 is 23.5 Å². The normalized spacial score (nSPS) is 20.6. The highest BCUT2D eigenvalue weighted by molar-refractivity contribution is 9.10. The van der Waals surface area contributed by atoms with Gasteiger partial charge < -0.3 is 34.2 Å². The lowest BCUT2D eigenvalue weighted by Gasteiger charge is -2.58. The fourth-order valence-electron chi connectivity index (χ4n) is 12.0. The van der Waals surface area contributed by atoms with Crippen LogP contribution in [0.15, 0.2) is 65.5 Å². The summed E-state index contributed by atoms with van der Waals surface area (Å²) in [4.78, 5) is 71.4. The van der Waals surface area contributed by atoms with Crippen molar-refractivity contribution >= 4 is 87.0 Å². The highest BCUT2D eigenvalue weighted by atomic mass is 79.9. The topological polar surface area (TPSA) is 209 Å². The number of aryl methyl sites for hydroxylation is 2. The number of halogens is 1. The minimum Gasteiger partial charge on any atom is -0.494 e. The van der Waals surface area contributed by atoms with Gasteiger partial charge in [-0.2, -0.15) is 10.1 Å². The monoisotopic (exact) mass is 1100 g/mol. The minimum atomic E-state index is -3.64. The van der Waals surface area contributed by atoms with Gasteiger partial charge in [-0.3, -0.25) is 48.4 Å². The summed E-state index contributed by atoms with van der Waals surface area (Å²) in [7, 11) is 2.68. The van der Waals surface area contributed by atoms with Gasteiger partial charge in [0, 0.05) is 120 Å². The van der Waals surface area contributed by atoms with Crippen molar-refractivity contribution in [3.63, 3.8) is 0 Å². The molecule has 4 saturated heterocycles. The molecule has 20 nitrogen and oxygen atoms in total. The Bertz CT molecular complexity index is 3150. The number of nitrogens with one attached hydrogen (secondary N) is 3. The molecule has 1 aliphatic carbocycles. The van der Waals surface area contributed by atoms with Gasteiger partial charge >= 0.3 is 7.60 Å². The van der Waals surface area contributed by atoms with Crippen molar-refractivity contribution in [2.75, 3.05) is 94.1 Å². The molecule has 6 aliphatic rings. The van der Waals surface area contributed by atoms with Gasteiger partial charge in [-0.15, -0.1) is 0 Å². The molecule has 1 spiro atoms. The SMILES string of the molecule is COc1cc(N2CCN(C3CC4(CCN(C5CN(c6ccc7c(c6)C(=O)N(C6CCC(=O)NC6=O)C7=O)C5)CC4)C3)CC2)c(-c2cnn(C)c2)cc1Nc1ncc(Br)c(Nc2ccc(C)c(C)c2P(=O)(OC)OC)n1. The summed E-state index contributed by atoms with van der Waals surface area (Å²) in [6.07, 6.45) is 10.6. The largest absolute Gasteiger partial charge is 0.494 e. The fraction of sp³-hybridized carbons (Fsp3) is 0.453. The standard InChI is InChI=1S/C53H62BrN12O8P/c1-31-7-10-41(47(32(31)2)75(71,73-5)74-6)57-48-40(54)27-55-52(60-48)58-42-22-38(33-26-56-61(3)28-33)44(23-45(42)72-4)64-19-17-63(18-20-64)35-24-53(25-35)13-15-62(16-14-53)36-29-65(30-36)34-8-9-37-39(21-34)51(70)66(50(37)69)43-11-12-46(67)59-49(43)68/h7-10,21-23,26-28,35-36,43H,11-20,24-25,29-30H2,1-6H3,(H,59,67,68)(H2,55,57,58,60). The molecule has 3 aromatic carbocycles. The molecule has 4 amide bonds. The molecule has 1 atom stereocenters. The van der Waals surface area contributed by atoms with Gasteiger partial charge in [0.2, 0.25) is 17.8 Å². The molecule has 2 aromatic heterocycles. The molecule has 5 fully saturated rings. The van der Waals surface area contributed by atoms with Gasteiger partial charge in [0.15, 0.2) is 0 Å². The lowest BCUT2D eigenvalue weighted by molar-refractivity contribution is -0.136. The van der Waals surface area contributed by atoms with Crippen molar-refractivity contribution in [3.8, 4) is 16.9 Å². The smallest absolute Gasteiger partial charge is 0.363 e. The van der Waals surface area contributed by atoms with Gasteiger partial charge in [0.1, 0.15) is 17.6 Å². The number of benzene rings is 3. The van der Waals surface area contributed by atoms with E-state index in [0.29, 0.717) is 67.3 Å². The third kappa shape index (κ3) is 9.38. The maximum Gasteiger partial charge on any atom is 0.363 e. The number of piperidine rings is 2. The Balaban J connectivity index is 0.702. The van der Waals surface area contributed by atoms with E-state index in [2.05, 4.69) is 73.7 Å². The number of aromatic nitrogens is 4. The van der Waals surface area contributed by atoms with E-state index in [1.54, 1.807) is 30.1 Å². The quantitative estimate of drug-likeness (QED) is 0.0799. The van der Waals surface area contributed by atoms with E-state index in [-0.39, 0.29) is 18.7 Å². The minimum absolute atomic E-state index is 0.0925. The van der Waals surface area contributed by atoms with E-state index in [0.717, 1.165) is 90.9 Å². The van der Waals surface area contributed by atoms with Crippen molar-refractivity contribution in [1.29, 1.82) is 0 Å². The first-order chi connectivity index (χ1) is 36.1. The molecule has 22 heteroatoms. The summed E-state index contributed by atoms with van der Waals surface area (Å²) >= 11 is 3.60. The first-order valence-electron chi connectivity index (χ1n) is 25.5. The predicted molar refractivity (Wildman–Crippen MR) is 288 cm³/mol. The van der Waals surface area contributed by atoms with Crippen molar-refractivity contribution in [3.05, 3.63) is 87.8 Å². The molecule has 0 bridgehead atoms. The van der Waals surface area contributed by atoms with Crippen LogP contribution in [0.4, 0.5) is 34.5 Å². The van der Waals surface area contributed by atoms with Gasteiger partial charge in [0.05, 0.1) is 45.6 Å². The number of carbonyl (C=O) groups is 4. The average Bonchev–Trinajstić information content (AvgIpc) is 3.96. The van der Waals surface area contributed by atoms with Crippen LogP contribution in [0.2, 0.25) is 0 Å². The Morgan fingerprint density at radius 3 is 2.20 bits per heavy atom. The van der Waals surface area contributed by atoms with Crippen molar-refractivity contribution in [2.45, 2.75) is 70.5 Å². The van der Waals surface area contributed by atoms with E-state index >= 15 is 0 Å². The number of hydrogen-bond acceptors (Lipinski definition) is 17. The molecule has 3 N–H and O–H groups in total. The number of rotatable bonds is 14. The van der Waals surface area contributed by atoms with Gasteiger partial charge in [-0.25, -0.2) is 4.98 Å². The summed E-state index contributed by atoms with van der Waals surface area (Å²) < 4.78 is 33.1. The number of methoxy groups -OCH3 is 1. The lowest BCUT2D eigenvalue weighted by atomic mass is 9.59. The Kier molecular flexibility index (Phi) is 13.6. The summed E-state index contributed by atoms with van der Waals surface area (Å²) in [5, 5.41) is 14.0. The summed E-state index contributed by atoms with van der Waals surface area (Å²) in [5.74, 6) is -0.551. The molecule has 5 aromatic rings. The zero-order valence-corrected chi connectivity index (χ0v) is 45.5. The van der Waals surface area contributed by atoms with Crippen LogP contribution in [0.5, 0.6) is 5.75 Å². The number of fused-ring (bicyclic) bond motifs is 1. The Morgan fingerprint density at radius 1 is 0.800 bits per heavy atom. The highest BCUT2D eigenvalue weighted by Crippen LogP contribution is 2.52. The maximum absolute atomic E-state index is 13.8. The van der Waals surface area contributed by atoms with Crippen LogP contribution in [-0.4, -0.2) is 150 Å². The number of piperazine rings is 1. The molecule has 5 aliphatic heterocycles. The molecule has 11 rings (SSSR count). The van der Waals surface area contributed by atoms with Gasteiger partial charge in [-0.05, 0) is 122 Å². The molecule has 75 heavy (non-hydrogen) atoms. The number of carbonyl (C=O) groups excluding carboxylic acids is 4. The van der Waals surface area contributed by atoms with E-state index < -0.39 is 31.4 Å². The third-order valence-electron chi connectivity index (χ3n) is 16.6. The van der Waals surface area contributed by atoms with Crippen molar-refractivity contribution in [1.82, 2.24) is 39.8 Å². The van der Waals surface area contributed by atoms with E-state index in [1.807, 2.05) is 51.5 Å². The second kappa shape index (κ2) is 20.1. The Morgan fingerprint density at radius 2 is 1.52 bits per heavy atom. The summed E-state index contributed by atoms with van der Waals surface area (Å²) in [5.41, 5.74) is 7.91. The molecule has 1 saturated carbocycles. The fourth-order valence-corrected chi connectivity index (χ4v) is 13.8. The molecule has 7 heterocycles. The van der Waals surface area contributed by atoms with Crippen molar-refractivity contribution < 1.29 is 37.5 Å². The van der Waals surface area contributed by atoms with Crippen LogP contribution in [0.3, 0.4) is 0 Å². The van der Waals surface area contributed by atoms with Crippen LogP contribution < -0.4 is 35.8 Å². The van der Waals surface area contributed by atoms with Gasteiger partial charge in [0.25, 0.3) is 11.8 Å². The second-order valence-corrected chi connectivity index (χ2v) is 23.8. The predicted octanol–water partition coefficient (Wildman–Crippen LogP) is 6.52. The van der Waals surface area contributed by atoms with Crippen LogP contribution in [0, 0.1) is 19.3 Å². The summed E-state index contributed by atoms with van der Waals surface area (Å²) in [6.45, 7) is 11.4. The number of likely N-dealkylation sites (tertiary alicyclic amines) is 1. The lowest BCUT2D eigenvalue weighted by Crippen LogP contribution is -2.64. The molecular formula is C53H62BrN12O8P. The van der Waals surface area contributed by atoms with E-state index in [4.69, 9.17) is 18.8 Å². The summed E-state index contributed by atoms with van der Waals surface area (Å²) in [6, 6.07) is 13.4. The maximum atomic E-state index is 13.8. The first kappa shape index (κ1) is 50.9. The van der Waals surface area contributed by atoms with Crippen LogP contribution in [0.25, 0.3) is 11.1 Å². The second-order valence-electron chi connectivity index (χ2n) is 20.7. The van der Waals surface area contributed by atoms with Crippen LogP contribution in [0.1, 0.15) is 70.4 Å². The molecule has 394 valence electrons. The molecule has 1 unspecified atom stereocenters. The van der Waals surface area contributed by atoms with E-state index in [1.165, 1.54) is 39.9 Å².